The lowest BCUT2D eigenvalue weighted by Crippen LogP contribution is -2.37. The van der Waals surface area contributed by atoms with Gasteiger partial charge in [0.25, 0.3) is 0 Å². The third-order valence-corrected chi connectivity index (χ3v) is 6.66. The van der Waals surface area contributed by atoms with Crippen LogP contribution in [0.25, 0.3) is 17.1 Å². The quantitative estimate of drug-likeness (QED) is 0.290. The molecular weight excluding hydrogens is 598 g/mol. The van der Waals surface area contributed by atoms with E-state index in [4.69, 9.17) is 11.6 Å². The molecule has 0 saturated heterocycles. The minimum atomic E-state index is -5.00. The molecular formula is C24H19ClF6N8O3. The van der Waals surface area contributed by atoms with Crippen molar-refractivity contribution in [2.45, 2.75) is 38.0 Å². The van der Waals surface area contributed by atoms with Gasteiger partial charge in [0.2, 0.25) is 5.91 Å². The Labute approximate surface area is 236 Å². The molecule has 0 bridgehead atoms. The number of rotatable bonds is 8. The SMILES string of the molecule is O=C(Nc1ncccc1-n1cnc(Cn2nc(-c3ccc(Cl)cc3)n(CC(O)C(F)(F)F)c2=O)n1)C1CC1C(F)(F)F. The molecule has 1 amide bonds. The number of halogens is 7. The maximum absolute atomic E-state index is 13.1. The molecule has 3 atom stereocenters. The Morgan fingerprint density at radius 2 is 1.81 bits per heavy atom. The summed E-state index contributed by atoms with van der Waals surface area (Å²) in [5.74, 6) is -4.10. The lowest BCUT2D eigenvalue weighted by atomic mass is 10.2. The van der Waals surface area contributed by atoms with Crippen LogP contribution in [0.15, 0.2) is 53.7 Å². The number of carbonyl (C=O) groups excluding carboxylic acids is 1. The molecule has 2 N–H and O–H groups in total. The second-order valence-corrected chi connectivity index (χ2v) is 9.83. The molecule has 1 aromatic carbocycles. The number of anilines is 1. The molecule has 1 saturated carbocycles. The van der Waals surface area contributed by atoms with Crippen LogP contribution in [0.3, 0.4) is 0 Å². The van der Waals surface area contributed by atoms with Crippen molar-refractivity contribution in [3.63, 3.8) is 0 Å². The van der Waals surface area contributed by atoms with E-state index >= 15 is 0 Å². The van der Waals surface area contributed by atoms with Crippen molar-refractivity contribution in [3.05, 3.63) is 70.3 Å². The van der Waals surface area contributed by atoms with Gasteiger partial charge in [-0.05, 0) is 42.8 Å². The molecule has 3 unspecified atom stereocenters. The molecule has 42 heavy (non-hydrogen) atoms. The maximum atomic E-state index is 13.1. The fourth-order valence-electron chi connectivity index (χ4n) is 4.15. The van der Waals surface area contributed by atoms with E-state index in [-0.39, 0.29) is 35.1 Å². The first-order chi connectivity index (χ1) is 19.7. The molecule has 0 spiro atoms. The fourth-order valence-corrected chi connectivity index (χ4v) is 4.28. The number of hydrogen-bond donors (Lipinski definition) is 2. The summed E-state index contributed by atoms with van der Waals surface area (Å²) in [6, 6.07) is 8.73. The Hall–Kier alpha value is -4.25. The van der Waals surface area contributed by atoms with E-state index in [0.29, 0.717) is 9.59 Å². The standard InChI is InChI=1S/C24H19ClF6N8O3/c25-13-5-3-12(4-6-13)20-36-38(22(42)37(20)9-17(40)24(29,30)31)10-18-33-11-39(35-18)16-2-1-7-32-19(16)34-21(41)14-8-15(14)23(26,27)28/h1-7,11,14-15,17,40H,8-10H2,(H,32,34,41). The van der Waals surface area contributed by atoms with E-state index in [9.17, 15) is 41.0 Å². The number of pyridine rings is 1. The summed E-state index contributed by atoms with van der Waals surface area (Å²) < 4.78 is 80.5. The molecule has 222 valence electrons. The van der Waals surface area contributed by atoms with Crippen LogP contribution in [0.2, 0.25) is 5.02 Å². The van der Waals surface area contributed by atoms with Crippen LogP contribution in [0.1, 0.15) is 12.2 Å². The van der Waals surface area contributed by atoms with Crippen LogP contribution in [0.5, 0.6) is 0 Å². The summed E-state index contributed by atoms with van der Waals surface area (Å²) in [6.07, 6.45) is -10.2. The van der Waals surface area contributed by atoms with Gasteiger partial charge in [-0.25, -0.2) is 24.1 Å². The van der Waals surface area contributed by atoms with Gasteiger partial charge in [-0.3, -0.25) is 9.36 Å². The van der Waals surface area contributed by atoms with Crippen LogP contribution >= 0.6 is 11.6 Å². The van der Waals surface area contributed by atoms with Gasteiger partial charge in [0, 0.05) is 16.8 Å². The topological polar surface area (TPSA) is 133 Å². The second-order valence-electron chi connectivity index (χ2n) is 9.39. The minimum absolute atomic E-state index is 0.0266. The number of carbonyl (C=O) groups is 1. The molecule has 18 heteroatoms. The summed E-state index contributed by atoms with van der Waals surface area (Å²) in [4.78, 5) is 33.5. The van der Waals surface area contributed by atoms with Gasteiger partial charge in [-0.2, -0.15) is 26.3 Å². The first-order valence-corrected chi connectivity index (χ1v) is 12.5. The highest BCUT2D eigenvalue weighted by molar-refractivity contribution is 6.30. The minimum Gasteiger partial charge on any atom is -0.382 e. The largest absolute Gasteiger partial charge is 0.416 e. The molecule has 5 rings (SSSR count). The number of alkyl halides is 6. The molecule has 1 aliphatic carbocycles. The molecule has 0 aliphatic heterocycles. The zero-order chi connectivity index (χ0) is 30.4. The summed E-state index contributed by atoms with van der Waals surface area (Å²) >= 11 is 5.89. The number of benzene rings is 1. The van der Waals surface area contributed by atoms with Gasteiger partial charge in [0.1, 0.15) is 18.6 Å². The first kappa shape index (κ1) is 29.2. The summed E-state index contributed by atoms with van der Waals surface area (Å²) in [6.45, 7) is -1.53. The number of aliphatic hydroxyl groups is 1. The Balaban J connectivity index is 1.40. The maximum Gasteiger partial charge on any atom is 0.416 e. The smallest absolute Gasteiger partial charge is 0.382 e. The van der Waals surface area contributed by atoms with Gasteiger partial charge in [0.15, 0.2) is 23.6 Å². The van der Waals surface area contributed by atoms with E-state index in [1.807, 2.05) is 0 Å². The number of aromatic nitrogens is 7. The van der Waals surface area contributed by atoms with E-state index in [2.05, 4.69) is 25.5 Å². The number of aliphatic hydroxyl groups excluding tert-OH is 1. The predicted molar refractivity (Wildman–Crippen MR) is 134 cm³/mol. The Kier molecular flexibility index (Phi) is 7.57. The van der Waals surface area contributed by atoms with Gasteiger partial charge in [-0.15, -0.1) is 10.2 Å². The monoisotopic (exact) mass is 616 g/mol. The van der Waals surface area contributed by atoms with E-state index in [1.54, 1.807) is 0 Å². The van der Waals surface area contributed by atoms with Crippen LogP contribution < -0.4 is 11.0 Å². The van der Waals surface area contributed by atoms with Crippen molar-refractivity contribution in [1.82, 2.24) is 34.1 Å². The Morgan fingerprint density at radius 1 is 1.10 bits per heavy atom. The van der Waals surface area contributed by atoms with Crippen molar-refractivity contribution in [1.29, 1.82) is 0 Å². The van der Waals surface area contributed by atoms with E-state index < -0.39 is 55.0 Å². The van der Waals surface area contributed by atoms with Gasteiger partial charge >= 0.3 is 18.0 Å². The summed E-state index contributed by atoms with van der Waals surface area (Å²) in [5.41, 5.74) is -0.582. The van der Waals surface area contributed by atoms with Crippen molar-refractivity contribution in [2.24, 2.45) is 11.8 Å². The number of nitrogens with zero attached hydrogens (tertiary/aromatic N) is 7. The highest BCUT2D eigenvalue weighted by Crippen LogP contribution is 2.50. The zero-order valence-corrected chi connectivity index (χ0v) is 21.8. The normalized spacial score (nSPS) is 17.7. The average Bonchev–Trinajstić information content (AvgIpc) is 3.54. The van der Waals surface area contributed by atoms with E-state index in [1.165, 1.54) is 48.9 Å². The molecule has 11 nitrogen and oxygen atoms in total. The van der Waals surface area contributed by atoms with E-state index in [0.717, 1.165) is 9.36 Å². The predicted octanol–water partition coefficient (Wildman–Crippen LogP) is 3.45. The third kappa shape index (κ3) is 6.15. The summed E-state index contributed by atoms with van der Waals surface area (Å²) in [7, 11) is 0. The van der Waals surface area contributed by atoms with Crippen molar-refractivity contribution in [2.75, 3.05) is 5.32 Å². The van der Waals surface area contributed by atoms with Gasteiger partial charge in [-0.1, -0.05) is 11.6 Å². The van der Waals surface area contributed by atoms with Crippen LogP contribution in [0, 0.1) is 11.8 Å². The van der Waals surface area contributed by atoms with Crippen LogP contribution in [0.4, 0.5) is 32.2 Å². The highest BCUT2D eigenvalue weighted by Gasteiger charge is 2.59. The second kappa shape index (κ2) is 10.9. The van der Waals surface area contributed by atoms with Crippen molar-refractivity contribution in [3.8, 4) is 17.1 Å². The molecule has 3 heterocycles. The number of amides is 1. The molecule has 3 aromatic heterocycles. The molecule has 0 radical (unpaired) electrons. The van der Waals surface area contributed by atoms with Crippen molar-refractivity contribution < 1.29 is 36.2 Å². The molecule has 1 aliphatic rings. The Morgan fingerprint density at radius 3 is 2.45 bits per heavy atom. The highest BCUT2D eigenvalue weighted by atomic mass is 35.5. The Bertz CT molecular complexity index is 1660. The number of hydrogen-bond acceptors (Lipinski definition) is 7. The van der Waals surface area contributed by atoms with Gasteiger partial charge < -0.3 is 10.4 Å². The molecule has 1 fully saturated rings. The molecule has 4 aromatic rings. The fraction of sp³-hybridized carbons (Fsp3) is 0.333. The first-order valence-electron chi connectivity index (χ1n) is 12.1. The van der Waals surface area contributed by atoms with Crippen LogP contribution in [-0.4, -0.2) is 63.6 Å². The summed E-state index contributed by atoms with van der Waals surface area (Å²) in [5, 5.41) is 20.7. The van der Waals surface area contributed by atoms with Gasteiger partial charge in [0.05, 0.1) is 18.4 Å². The third-order valence-electron chi connectivity index (χ3n) is 6.41. The number of nitrogens with one attached hydrogen (secondary N) is 1. The zero-order valence-electron chi connectivity index (χ0n) is 21.0. The lowest BCUT2D eigenvalue weighted by Gasteiger charge is -2.15. The van der Waals surface area contributed by atoms with Crippen LogP contribution in [-0.2, 0) is 17.9 Å². The average molecular weight is 617 g/mol. The lowest BCUT2D eigenvalue weighted by molar-refractivity contribution is -0.207. The van der Waals surface area contributed by atoms with Crippen molar-refractivity contribution >= 4 is 23.3 Å².